The minimum absolute atomic E-state index is 0.226. The van der Waals surface area contributed by atoms with E-state index in [4.69, 9.17) is 0 Å². The van der Waals surface area contributed by atoms with Gasteiger partial charge in [0.2, 0.25) is 5.91 Å². The van der Waals surface area contributed by atoms with E-state index in [-0.39, 0.29) is 18.3 Å². The molecule has 0 unspecified atom stereocenters. The highest BCUT2D eigenvalue weighted by Crippen LogP contribution is 2.28. The van der Waals surface area contributed by atoms with Crippen LogP contribution in [0.1, 0.15) is 32.3 Å². The van der Waals surface area contributed by atoms with Gasteiger partial charge in [-0.15, -0.1) is 0 Å². The summed E-state index contributed by atoms with van der Waals surface area (Å²) < 4.78 is 13.9. The minimum atomic E-state index is -0.967. The number of halogens is 1. The molecular formula is C16H22FNO2S. The van der Waals surface area contributed by atoms with Gasteiger partial charge in [-0.1, -0.05) is 18.2 Å². The molecule has 1 saturated heterocycles. The van der Waals surface area contributed by atoms with Crippen molar-refractivity contribution in [1.82, 2.24) is 5.32 Å². The van der Waals surface area contributed by atoms with Crippen molar-refractivity contribution in [2.75, 3.05) is 18.1 Å². The van der Waals surface area contributed by atoms with Gasteiger partial charge in [0.05, 0.1) is 11.0 Å². The second-order valence-electron chi connectivity index (χ2n) is 6.12. The zero-order valence-corrected chi connectivity index (χ0v) is 13.3. The standard InChI is InChI=1S/C16H22FNO2S/c1-15(2,12-5-3-4-6-13(12)17)14(19)18-11-16(20)7-9-21-10-8-16/h3-6,20H,7-11H2,1-2H3,(H,18,19). The molecule has 116 valence electrons. The van der Waals surface area contributed by atoms with E-state index in [0.717, 1.165) is 11.5 Å². The van der Waals surface area contributed by atoms with Gasteiger partial charge in [-0.05, 0) is 44.3 Å². The fraction of sp³-hybridized carbons (Fsp3) is 0.562. The molecule has 1 amide bonds. The highest BCUT2D eigenvalue weighted by molar-refractivity contribution is 7.99. The van der Waals surface area contributed by atoms with Crippen molar-refractivity contribution < 1.29 is 14.3 Å². The Balaban J connectivity index is 2.03. The normalized spacial score (nSPS) is 18.3. The summed E-state index contributed by atoms with van der Waals surface area (Å²) in [5, 5.41) is 13.2. The number of hydrogen-bond donors (Lipinski definition) is 2. The number of nitrogens with one attached hydrogen (secondary N) is 1. The Bertz CT molecular complexity index is 513. The second kappa shape index (κ2) is 6.36. The number of benzene rings is 1. The molecule has 0 aliphatic carbocycles. The van der Waals surface area contributed by atoms with Crippen LogP contribution in [0.4, 0.5) is 4.39 Å². The molecular weight excluding hydrogens is 289 g/mol. The predicted molar refractivity (Wildman–Crippen MR) is 83.9 cm³/mol. The van der Waals surface area contributed by atoms with E-state index in [1.54, 1.807) is 32.0 Å². The number of carbonyl (C=O) groups is 1. The largest absolute Gasteiger partial charge is 0.388 e. The Morgan fingerprint density at radius 2 is 2.00 bits per heavy atom. The Morgan fingerprint density at radius 1 is 1.38 bits per heavy atom. The number of hydrogen-bond acceptors (Lipinski definition) is 3. The first kappa shape index (κ1) is 16.3. The molecule has 1 heterocycles. The maximum absolute atomic E-state index is 13.9. The molecule has 1 aromatic rings. The average molecular weight is 311 g/mol. The fourth-order valence-corrected chi connectivity index (χ4v) is 3.74. The lowest BCUT2D eigenvalue weighted by atomic mass is 9.83. The maximum atomic E-state index is 13.9. The molecule has 2 rings (SSSR count). The second-order valence-corrected chi connectivity index (χ2v) is 7.35. The summed E-state index contributed by atoms with van der Waals surface area (Å²) in [5.41, 5.74) is -1.43. The van der Waals surface area contributed by atoms with Crippen molar-refractivity contribution in [1.29, 1.82) is 0 Å². The molecule has 3 nitrogen and oxygen atoms in total. The van der Waals surface area contributed by atoms with Crippen molar-refractivity contribution in [2.24, 2.45) is 0 Å². The highest BCUT2D eigenvalue weighted by atomic mass is 32.2. The fourth-order valence-electron chi connectivity index (χ4n) is 2.48. The molecule has 1 aromatic carbocycles. The summed E-state index contributed by atoms with van der Waals surface area (Å²) in [6, 6.07) is 6.31. The molecule has 5 heteroatoms. The molecule has 0 spiro atoms. The van der Waals surface area contributed by atoms with Gasteiger partial charge in [0, 0.05) is 12.1 Å². The first-order chi connectivity index (χ1) is 9.85. The van der Waals surface area contributed by atoms with Crippen LogP contribution in [0.5, 0.6) is 0 Å². The van der Waals surface area contributed by atoms with Crippen LogP contribution in [0.15, 0.2) is 24.3 Å². The quantitative estimate of drug-likeness (QED) is 0.898. The van der Waals surface area contributed by atoms with Crippen LogP contribution in [0, 0.1) is 5.82 Å². The summed E-state index contributed by atoms with van der Waals surface area (Å²) >= 11 is 1.81. The third-order valence-electron chi connectivity index (χ3n) is 4.12. The molecule has 1 fully saturated rings. The van der Waals surface area contributed by atoms with E-state index >= 15 is 0 Å². The molecule has 1 aliphatic heterocycles. The van der Waals surface area contributed by atoms with Crippen LogP contribution in [0.25, 0.3) is 0 Å². The third-order valence-corrected chi connectivity index (χ3v) is 5.10. The third kappa shape index (κ3) is 3.77. The topological polar surface area (TPSA) is 49.3 Å². The van der Waals surface area contributed by atoms with Crippen LogP contribution in [0.2, 0.25) is 0 Å². The van der Waals surface area contributed by atoms with Gasteiger partial charge in [-0.2, -0.15) is 11.8 Å². The molecule has 0 bridgehead atoms. The van der Waals surface area contributed by atoms with E-state index in [0.29, 0.717) is 18.4 Å². The smallest absolute Gasteiger partial charge is 0.230 e. The Morgan fingerprint density at radius 3 is 2.62 bits per heavy atom. The lowest BCUT2D eigenvalue weighted by Gasteiger charge is -2.33. The zero-order chi connectivity index (χ0) is 15.5. The van der Waals surface area contributed by atoms with Gasteiger partial charge in [0.25, 0.3) is 0 Å². The van der Waals surface area contributed by atoms with E-state index in [1.807, 2.05) is 11.8 Å². The highest BCUT2D eigenvalue weighted by Gasteiger charge is 2.35. The van der Waals surface area contributed by atoms with Gasteiger partial charge in [0.15, 0.2) is 0 Å². The predicted octanol–water partition coefficient (Wildman–Crippen LogP) is 2.48. The van der Waals surface area contributed by atoms with Gasteiger partial charge >= 0.3 is 0 Å². The van der Waals surface area contributed by atoms with Crippen LogP contribution in [-0.4, -0.2) is 34.7 Å². The summed E-state index contributed by atoms with van der Waals surface area (Å²) in [5.74, 6) is 1.16. The minimum Gasteiger partial charge on any atom is -0.388 e. The number of rotatable bonds is 4. The average Bonchev–Trinajstić information content (AvgIpc) is 2.46. The van der Waals surface area contributed by atoms with E-state index < -0.39 is 11.0 Å². The molecule has 0 saturated carbocycles. The molecule has 0 atom stereocenters. The Labute approximate surface area is 129 Å². The number of thioether (sulfide) groups is 1. The van der Waals surface area contributed by atoms with Crippen LogP contribution in [-0.2, 0) is 10.2 Å². The first-order valence-corrected chi connectivity index (χ1v) is 8.34. The van der Waals surface area contributed by atoms with Crippen molar-refractivity contribution in [3.05, 3.63) is 35.6 Å². The van der Waals surface area contributed by atoms with Gasteiger partial charge in [0.1, 0.15) is 5.82 Å². The van der Waals surface area contributed by atoms with Crippen molar-refractivity contribution >= 4 is 17.7 Å². The number of amides is 1. The van der Waals surface area contributed by atoms with E-state index in [2.05, 4.69) is 5.32 Å². The van der Waals surface area contributed by atoms with Crippen molar-refractivity contribution in [3.8, 4) is 0 Å². The van der Waals surface area contributed by atoms with E-state index in [1.165, 1.54) is 6.07 Å². The van der Waals surface area contributed by atoms with E-state index in [9.17, 15) is 14.3 Å². The van der Waals surface area contributed by atoms with Crippen LogP contribution in [0.3, 0.4) is 0 Å². The summed E-state index contributed by atoms with van der Waals surface area (Å²) in [6.07, 6.45) is 1.36. The van der Waals surface area contributed by atoms with Crippen molar-refractivity contribution in [2.45, 2.75) is 37.7 Å². The summed E-state index contributed by atoms with van der Waals surface area (Å²) in [4.78, 5) is 12.4. The zero-order valence-electron chi connectivity index (χ0n) is 12.5. The monoisotopic (exact) mass is 311 g/mol. The SMILES string of the molecule is CC(C)(C(=O)NCC1(O)CCSCC1)c1ccccc1F. The summed E-state index contributed by atoms with van der Waals surface area (Å²) in [6.45, 7) is 3.62. The number of carbonyl (C=O) groups excluding carboxylic acids is 1. The number of aliphatic hydroxyl groups is 1. The van der Waals surface area contributed by atoms with Crippen LogP contribution < -0.4 is 5.32 Å². The molecule has 0 aromatic heterocycles. The lowest BCUT2D eigenvalue weighted by Crippen LogP contribution is -2.49. The van der Waals surface area contributed by atoms with Gasteiger partial charge < -0.3 is 10.4 Å². The van der Waals surface area contributed by atoms with Crippen molar-refractivity contribution in [3.63, 3.8) is 0 Å². The molecule has 1 aliphatic rings. The Kier molecular flexibility index (Phi) is 4.94. The summed E-state index contributed by atoms with van der Waals surface area (Å²) in [7, 11) is 0. The maximum Gasteiger partial charge on any atom is 0.230 e. The van der Waals surface area contributed by atoms with Gasteiger partial charge in [-0.3, -0.25) is 4.79 Å². The molecule has 0 radical (unpaired) electrons. The molecule has 21 heavy (non-hydrogen) atoms. The Hall–Kier alpha value is -1.07. The molecule has 2 N–H and O–H groups in total. The first-order valence-electron chi connectivity index (χ1n) is 7.19. The van der Waals surface area contributed by atoms with Crippen LogP contribution >= 0.6 is 11.8 Å². The van der Waals surface area contributed by atoms with Gasteiger partial charge in [-0.25, -0.2) is 4.39 Å². The lowest BCUT2D eigenvalue weighted by molar-refractivity contribution is -0.127.